The van der Waals surface area contributed by atoms with Gasteiger partial charge in [0.1, 0.15) is 5.82 Å². The predicted octanol–water partition coefficient (Wildman–Crippen LogP) is 2.64. The van der Waals surface area contributed by atoms with E-state index in [1.807, 2.05) is 13.0 Å². The van der Waals surface area contributed by atoms with Crippen molar-refractivity contribution in [2.24, 2.45) is 0 Å². The summed E-state index contributed by atoms with van der Waals surface area (Å²) in [5, 5.41) is 12.3. The van der Waals surface area contributed by atoms with E-state index >= 15 is 0 Å². The minimum absolute atomic E-state index is 0.00944. The molecule has 0 aromatic heterocycles. The number of rotatable bonds is 6. The van der Waals surface area contributed by atoms with E-state index in [9.17, 15) is 4.39 Å². The third-order valence-electron chi connectivity index (χ3n) is 2.62. The Morgan fingerprint density at radius 3 is 2.62 bits per heavy atom. The van der Waals surface area contributed by atoms with Crippen molar-refractivity contribution < 1.29 is 9.50 Å². The zero-order valence-corrected chi connectivity index (χ0v) is 9.91. The van der Waals surface area contributed by atoms with E-state index in [0.717, 1.165) is 19.4 Å². The first kappa shape index (κ1) is 13.1. The molecule has 2 nitrogen and oxygen atoms in total. The highest BCUT2D eigenvalue weighted by molar-refractivity contribution is 5.20. The summed E-state index contributed by atoms with van der Waals surface area (Å²) < 4.78 is 13.4. The van der Waals surface area contributed by atoms with Crippen molar-refractivity contribution in [3.05, 3.63) is 35.6 Å². The van der Waals surface area contributed by atoms with Crippen LogP contribution in [0.4, 0.5) is 4.39 Å². The molecule has 0 fully saturated rings. The molecule has 0 aliphatic rings. The van der Waals surface area contributed by atoms with E-state index in [-0.39, 0.29) is 18.0 Å². The zero-order chi connectivity index (χ0) is 12.0. The molecule has 0 saturated heterocycles. The average molecular weight is 225 g/mol. The van der Waals surface area contributed by atoms with Gasteiger partial charge in [0.25, 0.3) is 0 Å². The molecule has 0 saturated carbocycles. The first-order valence-electron chi connectivity index (χ1n) is 5.77. The molecule has 1 aromatic rings. The fourth-order valence-corrected chi connectivity index (χ4v) is 1.65. The quantitative estimate of drug-likeness (QED) is 0.729. The smallest absolute Gasteiger partial charge is 0.127 e. The SMILES string of the molecule is CC(O)CCCNC(C)c1ccccc1F. The Labute approximate surface area is 96.5 Å². The summed E-state index contributed by atoms with van der Waals surface area (Å²) in [4.78, 5) is 0. The van der Waals surface area contributed by atoms with Crippen LogP contribution in [0.3, 0.4) is 0 Å². The molecule has 1 rings (SSSR count). The fraction of sp³-hybridized carbons (Fsp3) is 0.538. The fourth-order valence-electron chi connectivity index (χ4n) is 1.65. The van der Waals surface area contributed by atoms with Gasteiger partial charge in [-0.2, -0.15) is 0 Å². The molecule has 0 bridgehead atoms. The molecule has 16 heavy (non-hydrogen) atoms. The van der Waals surface area contributed by atoms with Gasteiger partial charge in [0.05, 0.1) is 6.10 Å². The van der Waals surface area contributed by atoms with Crippen molar-refractivity contribution in [2.75, 3.05) is 6.54 Å². The Balaban J connectivity index is 2.35. The van der Waals surface area contributed by atoms with Crippen LogP contribution in [0.1, 0.15) is 38.3 Å². The maximum absolute atomic E-state index is 13.4. The predicted molar refractivity (Wildman–Crippen MR) is 63.7 cm³/mol. The van der Waals surface area contributed by atoms with Crippen LogP contribution < -0.4 is 5.32 Å². The van der Waals surface area contributed by atoms with E-state index in [2.05, 4.69) is 5.32 Å². The number of hydrogen-bond donors (Lipinski definition) is 2. The molecule has 2 atom stereocenters. The van der Waals surface area contributed by atoms with Crippen LogP contribution in [0.5, 0.6) is 0 Å². The molecule has 0 radical (unpaired) electrons. The largest absolute Gasteiger partial charge is 0.393 e. The molecule has 0 heterocycles. The second-order valence-electron chi connectivity index (χ2n) is 4.19. The molecule has 2 N–H and O–H groups in total. The first-order chi connectivity index (χ1) is 7.61. The summed E-state index contributed by atoms with van der Waals surface area (Å²) in [5.74, 6) is -0.168. The van der Waals surface area contributed by atoms with Crippen LogP contribution in [0, 0.1) is 5.82 Å². The number of benzene rings is 1. The summed E-state index contributed by atoms with van der Waals surface area (Å²) >= 11 is 0. The Kier molecular flexibility index (Phi) is 5.43. The van der Waals surface area contributed by atoms with E-state index < -0.39 is 0 Å². The lowest BCUT2D eigenvalue weighted by atomic mass is 10.1. The lowest BCUT2D eigenvalue weighted by Crippen LogP contribution is -2.21. The van der Waals surface area contributed by atoms with Crippen LogP contribution in [-0.4, -0.2) is 17.8 Å². The van der Waals surface area contributed by atoms with Gasteiger partial charge in [-0.3, -0.25) is 0 Å². The summed E-state index contributed by atoms with van der Waals surface area (Å²) in [5.41, 5.74) is 0.694. The molecule has 1 aromatic carbocycles. The van der Waals surface area contributed by atoms with Gasteiger partial charge in [-0.05, 0) is 39.3 Å². The monoisotopic (exact) mass is 225 g/mol. The molecular weight excluding hydrogens is 205 g/mol. The Morgan fingerprint density at radius 1 is 1.31 bits per heavy atom. The molecule has 3 heteroatoms. The second-order valence-corrected chi connectivity index (χ2v) is 4.19. The highest BCUT2D eigenvalue weighted by atomic mass is 19.1. The van der Waals surface area contributed by atoms with E-state index in [4.69, 9.17) is 5.11 Å². The van der Waals surface area contributed by atoms with Crippen molar-refractivity contribution in [1.29, 1.82) is 0 Å². The Morgan fingerprint density at radius 2 is 2.00 bits per heavy atom. The highest BCUT2D eigenvalue weighted by Gasteiger charge is 2.08. The average Bonchev–Trinajstić information content (AvgIpc) is 2.24. The topological polar surface area (TPSA) is 32.3 Å². The summed E-state index contributed by atoms with van der Waals surface area (Å²) in [6, 6.07) is 6.81. The van der Waals surface area contributed by atoms with Gasteiger partial charge < -0.3 is 10.4 Å². The minimum Gasteiger partial charge on any atom is -0.393 e. The number of aliphatic hydroxyl groups is 1. The lowest BCUT2D eigenvalue weighted by molar-refractivity contribution is 0.181. The normalized spacial score (nSPS) is 14.8. The maximum Gasteiger partial charge on any atom is 0.127 e. The molecule has 2 unspecified atom stereocenters. The van der Waals surface area contributed by atoms with Crippen LogP contribution in [0.25, 0.3) is 0 Å². The summed E-state index contributed by atoms with van der Waals surface area (Å²) in [6.07, 6.45) is 1.42. The van der Waals surface area contributed by atoms with E-state index in [1.165, 1.54) is 6.07 Å². The number of hydrogen-bond acceptors (Lipinski definition) is 2. The standard InChI is InChI=1S/C13H20FNO/c1-10(16)6-5-9-15-11(2)12-7-3-4-8-13(12)14/h3-4,7-8,10-11,15-16H,5-6,9H2,1-2H3. The summed E-state index contributed by atoms with van der Waals surface area (Å²) in [7, 11) is 0. The van der Waals surface area contributed by atoms with E-state index in [1.54, 1.807) is 19.1 Å². The van der Waals surface area contributed by atoms with Gasteiger partial charge in [-0.25, -0.2) is 4.39 Å². The number of halogens is 1. The molecule has 0 aliphatic carbocycles. The van der Waals surface area contributed by atoms with Crippen molar-refractivity contribution in [3.8, 4) is 0 Å². The van der Waals surface area contributed by atoms with Gasteiger partial charge in [0, 0.05) is 11.6 Å². The summed E-state index contributed by atoms with van der Waals surface area (Å²) in [6.45, 7) is 4.52. The minimum atomic E-state index is -0.259. The Bertz CT molecular complexity index is 315. The van der Waals surface area contributed by atoms with Crippen molar-refractivity contribution in [3.63, 3.8) is 0 Å². The van der Waals surface area contributed by atoms with Gasteiger partial charge in [-0.1, -0.05) is 18.2 Å². The van der Waals surface area contributed by atoms with E-state index in [0.29, 0.717) is 5.56 Å². The molecule has 0 spiro atoms. The van der Waals surface area contributed by atoms with Crippen LogP contribution in [-0.2, 0) is 0 Å². The Hall–Kier alpha value is -0.930. The molecule has 0 amide bonds. The first-order valence-corrected chi connectivity index (χ1v) is 5.77. The van der Waals surface area contributed by atoms with Gasteiger partial charge >= 0.3 is 0 Å². The second kappa shape index (κ2) is 6.61. The number of nitrogens with one attached hydrogen (secondary N) is 1. The zero-order valence-electron chi connectivity index (χ0n) is 9.91. The lowest BCUT2D eigenvalue weighted by Gasteiger charge is -2.15. The molecule has 0 aliphatic heterocycles. The van der Waals surface area contributed by atoms with Gasteiger partial charge in [0.2, 0.25) is 0 Å². The van der Waals surface area contributed by atoms with Crippen LogP contribution in [0.2, 0.25) is 0 Å². The van der Waals surface area contributed by atoms with Crippen molar-refractivity contribution in [1.82, 2.24) is 5.32 Å². The highest BCUT2D eigenvalue weighted by Crippen LogP contribution is 2.15. The van der Waals surface area contributed by atoms with Gasteiger partial charge in [0.15, 0.2) is 0 Å². The van der Waals surface area contributed by atoms with Crippen molar-refractivity contribution in [2.45, 2.75) is 38.8 Å². The third-order valence-corrected chi connectivity index (χ3v) is 2.62. The van der Waals surface area contributed by atoms with Crippen LogP contribution in [0.15, 0.2) is 24.3 Å². The van der Waals surface area contributed by atoms with Crippen molar-refractivity contribution >= 4 is 0 Å². The third kappa shape index (κ3) is 4.29. The molecular formula is C13H20FNO. The van der Waals surface area contributed by atoms with Gasteiger partial charge in [-0.15, -0.1) is 0 Å². The van der Waals surface area contributed by atoms with Crippen LogP contribution >= 0.6 is 0 Å². The number of aliphatic hydroxyl groups excluding tert-OH is 1. The maximum atomic E-state index is 13.4. The molecule has 90 valence electrons.